The molecule has 2 fully saturated rings. The zero-order valence-corrected chi connectivity index (χ0v) is 15.8. The molecule has 144 valence electrons. The molecule has 0 spiro atoms. The molecule has 2 aromatic rings. The molecular formula is C19H21N7O2. The summed E-state index contributed by atoms with van der Waals surface area (Å²) in [6.07, 6.45) is 4.09. The van der Waals surface area contributed by atoms with Gasteiger partial charge in [0.2, 0.25) is 11.8 Å². The van der Waals surface area contributed by atoms with Gasteiger partial charge in [-0.2, -0.15) is 10.4 Å². The van der Waals surface area contributed by atoms with Gasteiger partial charge in [-0.25, -0.2) is 4.98 Å². The average molecular weight is 379 g/mol. The zero-order valence-electron chi connectivity index (χ0n) is 15.8. The monoisotopic (exact) mass is 379 g/mol. The van der Waals surface area contributed by atoms with Gasteiger partial charge in [0.05, 0.1) is 6.07 Å². The van der Waals surface area contributed by atoms with Gasteiger partial charge in [-0.05, 0) is 31.2 Å². The molecule has 1 aliphatic carbocycles. The molecule has 4 rings (SSSR count). The normalized spacial score (nSPS) is 21.5. The minimum Gasteiger partial charge on any atom is -0.323 e. The first-order valence-corrected chi connectivity index (χ1v) is 9.21. The number of hydrogen-bond acceptors (Lipinski definition) is 6. The van der Waals surface area contributed by atoms with Crippen molar-refractivity contribution in [3.05, 3.63) is 24.4 Å². The summed E-state index contributed by atoms with van der Waals surface area (Å²) >= 11 is 0. The maximum Gasteiger partial charge on any atom is 0.247 e. The second-order valence-corrected chi connectivity index (χ2v) is 7.31. The molecule has 1 aliphatic heterocycles. The first-order valence-electron chi connectivity index (χ1n) is 9.21. The van der Waals surface area contributed by atoms with Crippen molar-refractivity contribution >= 4 is 35.0 Å². The van der Waals surface area contributed by atoms with E-state index in [-0.39, 0.29) is 17.7 Å². The Bertz CT molecular complexity index is 988. The van der Waals surface area contributed by atoms with Gasteiger partial charge in [0.25, 0.3) is 0 Å². The molecule has 2 aromatic heterocycles. The molecule has 2 amide bonds. The number of nitriles is 1. The average Bonchev–Trinajstić information content (AvgIpc) is 3.38. The molecule has 3 heterocycles. The highest BCUT2D eigenvalue weighted by atomic mass is 16.2. The lowest BCUT2D eigenvalue weighted by atomic mass is 9.83. The van der Waals surface area contributed by atoms with Crippen LogP contribution in [0.5, 0.6) is 0 Å². The van der Waals surface area contributed by atoms with Crippen LogP contribution in [-0.4, -0.2) is 33.1 Å². The van der Waals surface area contributed by atoms with Crippen molar-refractivity contribution in [2.45, 2.75) is 26.2 Å². The van der Waals surface area contributed by atoms with E-state index in [1.54, 1.807) is 41.0 Å². The maximum atomic E-state index is 13.0. The van der Waals surface area contributed by atoms with E-state index in [4.69, 9.17) is 0 Å². The Labute approximate surface area is 162 Å². The Balaban J connectivity index is 1.54. The van der Waals surface area contributed by atoms with Gasteiger partial charge in [0.15, 0.2) is 5.82 Å². The standard InChI is InChI=1S/C19H21N7O2/c1-12(27)22-17-10-16(24-25(17)2)23-15-9-14(5-7-21-15)26-8-6-19(11-20,18(26)28)13-3-4-13/h5,7,9-10,13H,3-4,6,8H2,1-2H3,(H,22,27)(H,21,23,24)/t19-/m1/s1. The number of nitrogens with one attached hydrogen (secondary N) is 2. The van der Waals surface area contributed by atoms with E-state index in [1.807, 2.05) is 0 Å². The molecule has 9 nitrogen and oxygen atoms in total. The third kappa shape index (κ3) is 3.07. The maximum absolute atomic E-state index is 13.0. The fourth-order valence-corrected chi connectivity index (χ4v) is 3.75. The van der Waals surface area contributed by atoms with Gasteiger partial charge in [-0.15, -0.1) is 0 Å². The van der Waals surface area contributed by atoms with Crippen LogP contribution in [0, 0.1) is 22.7 Å². The molecule has 0 unspecified atom stereocenters. The largest absolute Gasteiger partial charge is 0.323 e. The Morgan fingerprint density at radius 1 is 1.36 bits per heavy atom. The highest BCUT2D eigenvalue weighted by Gasteiger charge is 2.56. The van der Waals surface area contributed by atoms with Gasteiger partial charge in [0.1, 0.15) is 17.1 Å². The van der Waals surface area contributed by atoms with Crippen molar-refractivity contribution < 1.29 is 9.59 Å². The number of carbonyl (C=O) groups is 2. The van der Waals surface area contributed by atoms with Gasteiger partial charge in [0, 0.05) is 44.5 Å². The molecule has 2 N–H and O–H groups in total. The summed E-state index contributed by atoms with van der Waals surface area (Å²) in [5, 5.41) is 19.7. The lowest BCUT2D eigenvalue weighted by molar-refractivity contribution is -0.123. The van der Waals surface area contributed by atoms with Crippen molar-refractivity contribution in [1.82, 2.24) is 14.8 Å². The SMILES string of the molecule is CC(=O)Nc1cc(Nc2cc(N3CC[C@@](C#N)(C4CC4)C3=O)ccn2)nn1C. The summed E-state index contributed by atoms with van der Waals surface area (Å²) < 4.78 is 1.55. The van der Waals surface area contributed by atoms with Crippen molar-refractivity contribution in [2.24, 2.45) is 18.4 Å². The number of rotatable bonds is 5. The number of anilines is 4. The Kier molecular flexibility index (Phi) is 4.26. The van der Waals surface area contributed by atoms with Crippen LogP contribution in [0.4, 0.5) is 23.1 Å². The van der Waals surface area contributed by atoms with E-state index in [0.29, 0.717) is 36.1 Å². The summed E-state index contributed by atoms with van der Waals surface area (Å²) in [6.45, 7) is 1.96. The highest BCUT2D eigenvalue weighted by molar-refractivity contribution is 6.02. The lowest BCUT2D eigenvalue weighted by Gasteiger charge is -2.21. The number of aromatic nitrogens is 3. The summed E-state index contributed by atoms with van der Waals surface area (Å²) in [7, 11) is 1.72. The number of nitrogens with zero attached hydrogens (tertiary/aromatic N) is 5. The fraction of sp³-hybridized carbons (Fsp3) is 0.421. The Morgan fingerprint density at radius 3 is 2.82 bits per heavy atom. The first-order chi connectivity index (χ1) is 13.4. The molecule has 0 radical (unpaired) electrons. The molecular weight excluding hydrogens is 358 g/mol. The number of pyridine rings is 1. The molecule has 1 saturated heterocycles. The molecule has 28 heavy (non-hydrogen) atoms. The third-order valence-electron chi connectivity index (χ3n) is 5.33. The molecule has 2 aliphatic rings. The van der Waals surface area contributed by atoms with Crippen molar-refractivity contribution in [2.75, 3.05) is 22.1 Å². The predicted octanol–water partition coefficient (Wildman–Crippen LogP) is 2.17. The van der Waals surface area contributed by atoms with Gasteiger partial charge < -0.3 is 15.5 Å². The second kappa shape index (κ2) is 6.64. The molecule has 1 atom stereocenters. The fourth-order valence-electron chi connectivity index (χ4n) is 3.75. The van der Waals surface area contributed by atoms with Crippen molar-refractivity contribution in [1.29, 1.82) is 5.26 Å². The van der Waals surface area contributed by atoms with E-state index < -0.39 is 5.41 Å². The van der Waals surface area contributed by atoms with E-state index in [9.17, 15) is 14.9 Å². The Morgan fingerprint density at radius 2 is 2.14 bits per heavy atom. The van der Waals surface area contributed by atoms with Crippen LogP contribution in [0.15, 0.2) is 24.4 Å². The van der Waals surface area contributed by atoms with Crippen LogP contribution in [0.1, 0.15) is 26.2 Å². The highest BCUT2D eigenvalue weighted by Crippen LogP contribution is 2.51. The van der Waals surface area contributed by atoms with E-state index in [0.717, 1.165) is 12.8 Å². The molecule has 0 aromatic carbocycles. The lowest BCUT2D eigenvalue weighted by Crippen LogP contribution is -2.35. The first kappa shape index (κ1) is 18.0. The van der Waals surface area contributed by atoms with Gasteiger partial charge >= 0.3 is 0 Å². The third-order valence-corrected chi connectivity index (χ3v) is 5.33. The van der Waals surface area contributed by atoms with Gasteiger partial charge in [-0.3, -0.25) is 14.3 Å². The van der Waals surface area contributed by atoms with Crippen LogP contribution < -0.4 is 15.5 Å². The minimum absolute atomic E-state index is 0.111. The number of hydrogen-bond donors (Lipinski definition) is 2. The Hall–Kier alpha value is -3.41. The zero-order chi connectivity index (χ0) is 19.9. The minimum atomic E-state index is -0.870. The van der Waals surface area contributed by atoms with Crippen LogP contribution >= 0.6 is 0 Å². The summed E-state index contributed by atoms with van der Waals surface area (Å²) in [5.74, 6) is 1.50. The number of aryl methyl sites for hydroxylation is 1. The van der Waals surface area contributed by atoms with Crippen molar-refractivity contribution in [3.63, 3.8) is 0 Å². The molecule has 9 heteroatoms. The second-order valence-electron chi connectivity index (χ2n) is 7.31. The van der Waals surface area contributed by atoms with Crippen LogP contribution in [-0.2, 0) is 16.6 Å². The number of amides is 2. The van der Waals surface area contributed by atoms with Crippen LogP contribution in [0.25, 0.3) is 0 Å². The van der Waals surface area contributed by atoms with E-state index in [1.165, 1.54) is 6.92 Å². The van der Waals surface area contributed by atoms with E-state index in [2.05, 4.69) is 26.8 Å². The smallest absolute Gasteiger partial charge is 0.247 e. The van der Waals surface area contributed by atoms with E-state index >= 15 is 0 Å². The summed E-state index contributed by atoms with van der Waals surface area (Å²) in [6, 6.07) is 7.53. The molecule has 0 bridgehead atoms. The summed E-state index contributed by atoms with van der Waals surface area (Å²) in [4.78, 5) is 30.2. The van der Waals surface area contributed by atoms with Crippen molar-refractivity contribution in [3.8, 4) is 6.07 Å². The van der Waals surface area contributed by atoms with Crippen LogP contribution in [0.3, 0.4) is 0 Å². The van der Waals surface area contributed by atoms with Gasteiger partial charge in [-0.1, -0.05) is 0 Å². The molecule has 1 saturated carbocycles. The predicted molar refractivity (Wildman–Crippen MR) is 103 cm³/mol. The topological polar surface area (TPSA) is 116 Å². The van der Waals surface area contributed by atoms with Crippen LogP contribution in [0.2, 0.25) is 0 Å². The summed E-state index contributed by atoms with van der Waals surface area (Å²) in [5.41, 5.74) is -0.163. The quantitative estimate of drug-likeness (QED) is 0.822. The number of carbonyl (C=O) groups excluding carboxylic acids is 2.